The molecule has 1 unspecified atom stereocenters. The Morgan fingerprint density at radius 1 is 1.36 bits per heavy atom. The van der Waals surface area contributed by atoms with Crippen LogP contribution in [-0.4, -0.2) is 50.7 Å². The Morgan fingerprint density at radius 3 is 3.08 bits per heavy atom. The second kappa shape index (κ2) is 6.33. The molecule has 4 rings (SSSR count). The van der Waals surface area contributed by atoms with Crippen LogP contribution in [0.5, 0.6) is 5.75 Å². The van der Waals surface area contributed by atoms with Crippen LogP contribution in [-0.2, 0) is 0 Å². The van der Waals surface area contributed by atoms with Gasteiger partial charge < -0.3 is 14.3 Å². The Kier molecular flexibility index (Phi) is 3.87. The summed E-state index contributed by atoms with van der Waals surface area (Å²) in [6.45, 7) is 0.258. The number of pyridine rings is 2. The van der Waals surface area contributed by atoms with E-state index < -0.39 is 6.23 Å². The number of aromatic nitrogens is 3. The van der Waals surface area contributed by atoms with E-state index in [1.54, 1.807) is 43.9 Å². The third-order valence-electron chi connectivity index (χ3n) is 3.65. The van der Waals surface area contributed by atoms with E-state index in [0.29, 0.717) is 28.6 Å². The lowest BCUT2D eigenvalue weighted by atomic mass is 10.3. The Labute approximate surface area is 143 Å². The molecule has 25 heavy (non-hydrogen) atoms. The molecule has 3 aromatic heterocycles. The van der Waals surface area contributed by atoms with Crippen LogP contribution in [0.1, 0.15) is 0 Å². The minimum atomic E-state index is -0.706. The molecule has 126 valence electrons. The monoisotopic (exact) mass is 337 g/mol. The van der Waals surface area contributed by atoms with Crippen LogP contribution in [0.3, 0.4) is 0 Å². The second-order valence-corrected chi connectivity index (χ2v) is 5.48. The van der Waals surface area contributed by atoms with Gasteiger partial charge in [-0.2, -0.15) is 5.10 Å². The summed E-state index contributed by atoms with van der Waals surface area (Å²) in [5.74, 6) is 1.02. The smallest absolute Gasteiger partial charge is 0.247 e. The minimum absolute atomic E-state index is 0.258. The molecule has 1 N–H and O–H groups in total. The first-order chi connectivity index (χ1) is 12.2. The molecule has 1 atom stereocenters. The topological polar surface area (TPSA) is 96.9 Å². The molecular formula is C17H15N5O3. The number of likely N-dealkylation sites (N-methyl/N-ethyl adjacent to an activating group) is 1. The van der Waals surface area contributed by atoms with E-state index >= 15 is 0 Å². The number of oxazole rings is 1. The maximum absolute atomic E-state index is 9.55. The molecule has 8 nitrogen and oxygen atoms in total. The SMILES string of the molecule is CN1N=C(COc2cnc3oc(-c4cccnc4)nc3c2)C=CC1O. The quantitative estimate of drug-likeness (QED) is 0.776. The third-order valence-corrected chi connectivity index (χ3v) is 3.65. The molecule has 0 amide bonds. The van der Waals surface area contributed by atoms with Gasteiger partial charge in [0, 0.05) is 25.5 Å². The number of aliphatic hydroxyl groups excluding tert-OH is 1. The van der Waals surface area contributed by atoms with Crippen molar-refractivity contribution in [1.82, 2.24) is 20.0 Å². The van der Waals surface area contributed by atoms with E-state index in [9.17, 15) is 5.11 Å². The van der Waals surface area contributed by atoms with Gasteiger partial charge in [0.2, 0.25) is 11.6 Å². The molecule has 1 aliphatic rings. The van der Waals surface area contributed by atoms with E-state index in [1.165, 1.54) is 5.01 Å². The van der Waals surface area contributed by atoms with Crippen LogP contribution < -0.4 is 4.74 Å². The first-order valence-electron chi connectivity index (χ1n) is 7.65. The average Bonchev–Trinajstić information content (AvgIpc) is 3.07. The van der Waals surface area contributed by atoms with Crippen LogP contribution in [0, 0.1) is 0 Å². The number of fused-ring (bicyclic) bond motifs is 1. The second-order valence-electron chi connectivity index (χ2n) is 5.48. The number of nitrogens with zero attached hydrogens (tertiary/aromatic N) is 5. The number of hydrogen-bond donors (Lipinski definition) is 1. The Hall–Kier alpha value is -3.26. The number of hydrazone groups is 1. The highest BCUT2D eigenvalue weighted by Gasteiger charge is 2.13. The molecule has 0 radical (unpaired) electrons. The van der Waals surface area contributed by atoms with E-state index in [0.717, 1.165) is 5.56 Å². The largest absolute Gasteiger partial charge is 0.486 e. The van der Waals surface area contributed by atoms with E-state index in [2.05, 4.69) is 20.1 Å². The fourth-order valence-corrected chi connectivity index (χ4v) is 2.35. The van der Waals surface area contributed by atoms with Crippen LogP contribution in [0.4, 0.5) is 0 Å². The predicted molar refractivity (Wildman–Crippen MR) is 90.9 cm³/mol. The summed E-state index contributed by atoms with van der Waals surface area (Å²) < 4.78 is 11.3. The van der Waals surface area contributed by atoms with E-state index in [1.807, 2.05) is 12.1 Å². The number of hydrogen-bond acceptors (Lipinski definition) is 8. The number of aliphatic hydroxyl groups is 1. The summed E-state index contributed by atoms with van der Waals surface area (Å²) in [6.07, 6.45) is 7.61. The van der Waals surface area contributed by atoms with Crippen molar-refractivity contribution in [3.8, 4) is 17.2 Å². The van der Waals surface area contributed by atoms with Gasteiger partial charge in [0.05, 0.1) is 17.5 Å². The number of ether oxygens (including phenoxy) is 1. The molecule has 1 aliphatic heterocycles. The maximum atomic E-state index is 9.55. The van der Waals surface area contributed by atoms with Gasteiger partial charge in [-0.3, -0.25) is 9.99 Å². The van der Waals surface area contributed by atoms with Gasteiger partial charge in [0.15, 0.2) is 6.23 Å². The zero-order valence-corrected chi connectivity index (χ0v) is 13.4. The highest BCUT2D eigenvalue weighted by atomic mass is 16.5. The Balaban J connectivity index is 1.52. The first kappa shape index (κ1) is 15.3. The molecule has 0 saturated carbocycles. The molecule has 3 aromatic rings. The molecule has 0 bridgehead atoms. The summed E-state index contributed by atoms with van der Waals surface area (Å²) >= 11 is 0. The van der Waals surface area contributed by atoms with Crippen molar-refractivity contribution in [3.05, 3.63) is 48.9 Å². The van der Waals surface area contributed by atoms with Crippen LogP contribution in [0.2, 0.25) is 0 Å². The highest BCUT2D eigenvalue weighted by Crippen LogP contribution is 2.24. The van der Waals surface area contributed by atoms with Crippen LogP contribution in [0.15, 0.2) is 58.5 Å². The Bertz CT molecular complexity index is 951. The summed E-state index contributed by atoms with van der Waals surface area (Å²) in [6, 6.07) is 5.45. The zero-order valence-electron chi connectivity index (χ0n) is 13.4. The van der Waals surface area contributed by atoms with Gasteiger partial charge in [0.25, 0.3) is 0 Å². The van der Waals surface area contributed by atoms with Gasteiger partial charge in [-0.1, -0.05) is 0 Å². The summed E-state index contributed by atoms with van der Waals surface area (Å²) in [5, 5.41) is 15.2. The molecular weight excluding hydrogens is 322 g/mol. The van der Waals surface area contributed by atoms with Crippen molar-refractivity contribution < 1.29 is 14.3 Å². The van der Waals surface area contributed by atoms with Gasteiger partial charge in [-0.25, -0.2) is 9.97 Å². The normalized spacial score (nSPS) is 17.0. The summed E-state index contributed by atoms with van der Waals surface area (Å²) in [4.78, 5) is 12.7. The third kappa shape index (κ3) is 3.20. The average molecular weight is 337 g/mol. The van der Waals surface area contributed by atoms with Crippen molar-refractivity contribution in [2.45, 2.75) is 6.23 Å². The van der Waals surface area contributed by atoms with Crippen molar-refractivity contribution in [2.75, 3.05) is 13.7 Å². The molecule has 0 aliphatic carbocycles. The standard InChI is InChI=1S/C17H15N5O3/c1-22-15(23)5-4-12(21-22)10-24-13-7-14-17(19-9-13)25-16(20-14)11-3-2-6-18-8-11/h2-9,15,23H,10H2,1H3. The summed E-state index contributed by atoms with van der Waals surface area (Å²) in [7, 11) is 1.69. The lowest BCUT2D eigenvalue weighted by Gasteiger charge is -2.22. The van der Waals surface area contributed by atoms with Gasteiger partial charge in [0.1, 0.15) is 17.9 Å². The lowest BCUT2D eigenvalue weighted by Crippen LogP contribution is -2.30. The van der Waals surface area contributed by atoms with Gasteiger partial charge in [-0.15, -0.1) is 0 Å². The lowest BCUT2D eigenvalue weighted by molar-refractivity contribution is 0.0628. The highest BCUT2D eigenvalue weighted by molar-refractivity contribution is 5.96. The van der Waals surface area contributed by atoms with Gasteiger partial charge >= 0.3 is 0 Å². The van der Waals surface area contributed by atoms with E-state index in [-0.39, 0.29) is 6.61 Å². The van der Waals surface area contributed by atoms with Crippen molar-refractivity contribution >= 4 is 16.9 Å². The molecule has 0 spiro atoms. The fraction of sp³-hybridized carbons (Fsp3) is 0.176. The zero-order chi connectivity index (χ0) is 17.2. The summed E-state index contributed by atoms with van der Waals surface area (Å²) in [5.41, 5.74) is 2.52. The molecule has 0 aromatic carbocycles. The molecule has 0 fully saturated rings. The predicted octanol–water partition coefficient (Wildman–Crippen LogP) is 1.84. The fourth-order valence-electron chi connectivity index (χ4n) is 2.35. The van der Waals surface area contributed by atoms with Gasteiger partial charge in [-0.05, 0) is 24.3 Å². The van der Waals surface area contributed by atoms with Crippen molar-refractivity contribution in [2.24, 2.45) is 5.10 Å². The minimum Gasteiger partial charge on any atom is -0.486 e. The molecule has 4 heterocycles. The maximum Gasteiger partial charge on any atom is 0.247 e. The van der Waals surface area contributed by atoms with Crippen LogP contribution in [0.25, 0.3) is 22.7 Å². The first-order valence-corrected chi connectivity index (χ1v) is 7.65. The van der Waals surface area contributed by atoms with Crippen molar-refractivity contribution in [1.29, 1.82) is 0 Å². The number of rotatable bonds is 4. The van der Waals surface area contributed by atoms with Crippen LogP contribution >= 0.6 is 0 Å². The molecule has 0 saturated heterocycles. The Morgan fingerprint density at radius 2 is 2.28 bits per heavy atom. The van der Waals surface area contributed by atoms with Crippen molar-refractivity contribution in [3.63, 3.8) is 0 Å². The molecule has 8 heteroatoms. The van der Waals surface area contributed by atoms with E-state index in [4.69, 9.17) is 9.15 Å².